The fourth-order valence-electron chi connectivity index (χ4n) is 2.96. The molecule has 0 aromatic carbocycles. The summed E-state index contributed by atoms with van der Waals surface area (Å²) < 4.78 is 0.911. The molecule has 0 radical (unpaired) electrons. The van der Waals surface area contributed by atoms with Gasteiger partial charge in [0.2, 0.25) is 0 Å². The third-order valence-corrected chi connectivity index (χ3v) is 4.84. The highest BCUT2D eigenvalue weighted by molar-refractivity contribution is 9.10. The third-order valence-electron chi connectivity index (χ3n) is 4.43. The number of nitrogens with one attached hydrogen (secondary N) is 1. The number of rotatable bonds is 4. The summed E-state index contributed by atoms with van der Waals surface area (Å²) in [6.07, 6.45) is 9.09. The number of hydrogen-bond donors (Lipinski definition) is 1. The Bertz CT molecular complexity index is 437. The van der Waals surface area contributed by atoms with Gasteiger partial charge in [-0.3, -0.25) is 0 Å². The molecule has 2 fully saturated rings. The fraction of sp³-hybridized carbons (Fsp3) is 0.733. The zero-order valence-electron chi connectivity index (χ0n) is 11.5. The van der Waals surface area contributed by atoms with Crippen LogP contribution in [0, 0.1) is 5.92 Å². The second-order valence-corrected chi connectivity index (χ2v) is 6.79. The van der Waals surface area contributed by atoms with Crippen molar-refractivity contribution in [2.24, 2.45) is 5.92 Å². The molecule has 2 aliphatic rings. The van der Waals surface area contributed by atoms with E-state index in [4.69, 9.17) is 0 Å². The van der Waals surface area contributed by atoms with Gasteiger partial charge >= 0.3 is 0 Å². The van der Waals surface area contributed by atoms with Crippen molar-refractivity contribution in [2.45, 2.75) is 63.8 Å². The van der Waals surface area contributed by atoms with E-state index in [0.29, 0.717) is 12.0 Å². The molecule has 1 aromatic heterocycles. The average molecular weight is 324 g/mol. The topological polar surface area (TPSA) is 37.8 Å². The first-order valence-corrected chi connectivity index (χ1v) is 8.35. The molecule has 2 saturated carbocycles. The second kappa shape index (κ2) is 5.78. The summed E-state index contributed by atoms with van der Waals surface area (Å²) in [5.41, 5.74) is 0. The van der Waals surface area contributed by atoms with Crippen LogP contribution in [0.4, 0.5) is 5.82 Å². The Balaban J connectivity index is 1.63. The zero-order valence-corrected chi connectivity index (χ0v) is 13.1. The molecule has 19 heavy (non-hydrogen) atoms. The second-order valence-electron chi connectivity index (χ2n) is 5.98. The number of nitrogens with zero attached hydrogens (tertiary/aromatic N) is 2. The Hall–Kier alpha value is -0.640. The van der Waals surface area contributed by atoms with Crippen LogP contribution < -0.4 is 5.32 Å². The van der Waals surface area contributed by atoms with E-state index < -0.39 is 0 Å². The monoisotopic (exact) mass is 323 g/mol. The number of aromatic nitrogens is 2. The molecule has 1 aromatic rings. The van der Waals surface area contributed by atoms with Gasteiger partial charge in [0.05, 0.1) is 0 Å². The fourth-order valence-corrected chi connectivity index (χ4v) is 3.36. The molecule has 1 N–H and O–H groups in total. The molecule has 3 nitrogen and oxygen atoms in total. The summed E-state index contributed by atoms with van der Waals surface area (Å²) in [5, 5.41) is 3.61. The van der Waals surface area contributed by atoms with Gasteiger partial charge in [-0.1, -0.05) is 13.3 Å². The minimum Gasteiger partial charge on any atom is -0.367 e. The lowest BCUT2D eigenvalue weighted by Gasteiger charge is -2.28. The van der Waals surface area contributed by atoms with Crippen molar-refractivity contribution in [1.82, 2.24) is 9.97 Å². The van der Waals surface area contributed by atoms with Crippen molar-refractivity contribution >= 4 is 21.7 Å². The van der Waals surface area contributed by atoms with Crippen LogP contribution in [0.3, 0.4) is 0 Å². The first kappa shape index (κ1) is 13.3. The van der Waals surface area contributed by atoms with Gasteiger partial charge in [0.1, 0.15) is 16.2 Å². The minimum absolute atomic E-state index is 0.594. The van der Waals surface area contributed by atoms with Gasteiger partial charge in [0.25, 0.3) is 0 Å². The predicted molar refractivity (Wildman–Crippen MR) is 81.4 cm³/mol. The molecular weight excluding hydrogens is 302 g/mol. The Morgan fingerprint density at radius 3 is 2.53 bits per heavy atom. The largest absolute Gasteiger partial charge is 0.367 e. The minimum atomic E-state index is 0.594. The molecule has 0 atom stereocenters. The normalized spacial score (nSPS) is 27.3. The summed E-state index contributed by atoms with van der Waals surface area (Å²) in [7, 11) is 0. The number of hydrogen-bond acceptors (Lipinski definition) is 3. The molecule has 0 unspecified atom stereocenters. The van der Waals surface area contributed by atoms with Gasteiger partial charge in [-0.05, 0) is 60.4 Å². The van der Waals surface area contributed by atoms with Crippen LogP contribution in [0.5, 0.6) is 0 Å². The van der Waals surface area contributed by atoms with Crippen LogP contribution >= 0.6 is 15.9 Å². The van der Waals surface area contributed by atoms with Gasteiger partial charge in [0, 0.05) is 18.0 Å². The van der Waals surface area contributed by atoms with E-state index in [1.165, 1.54) is 44.9 Å². The summed E-state index contributed by atoms with van der Waals surface area (Å²) in [6.45, 7) is 2.31. The van der Waals surface area contributed by atoms with Crippen LogP contribution in [-0.2, 0) is 0 Å². The van der Waals surface area contributed by atoms with E-state index in [2.05, 4.69) is 38.1 Å². The first-order valence-electron chi connectivity index (χ1n) is 7.55. The van der Waals surface area contributed by atoms with E-state index in [1.807, 2.05) is 6.07 Å². The summed E-state index contributed by atoms with van der Waals surface area (Å²) in [6, 6.07) is 2.61. The maximum atomic E-state index is 4.68. The highest BCUT2D eigenvalue weighted by atomic mass is 79.9. The lowest BCUT2D eigenvalue weighted by atomic mass is 9.84. The summed E-state index contributed by atoms with van der Waals surface area (Å²) >= 11 is 3.50. The Kier molecular flexibility index (Phi) is 4.06. The van der Waals surface area contributed by atoms with Gasteiger partial charge in [0.15, 0.2) is 0 Å². The van der Waals surface area contributed by atoms with Gasteiger partial charge in [-0.25, -0.2) is 9.97 Å². The Morgan fingerprint density at radius 1 is 1.16 bits per heavy atom. The highest BCUT2D eigenvalue weighted by Crippen LogP contribution is 2.39. The van der Waals surface area contributed by atoms with Crippen molar-refractivity contribution in [3.05, 3.63) is 16.5 Å². The van der Waals surface area contributed by atoms with Gasteiger partial charge in [-0.15, -0.1) is 0 Å². The molecule has 104 valence electrons. The quantitative estimate of drug-likeness (QED) is 0.829. The van der Waals surface area contributed by atoms with Crippen LogP contribution in [-0.4, -0.2) is 16.0 Å². The Labute approximate surface area is 123 Å². The maximum absolute atomic E-state index is 4.68. The molecule has 0 saturated heterocycles. The number of halogens is 1. The van der Waals surface area contributed by atoms with Gasteiger partial charge in [-0.2, -0.15) is 0 Å². The molecule has 4 heteroatoms. The molecule has 0 aliphatic heterocycles. The van der Waals surface area contributed by atoms with Crippen LogP contribution in [0.25, 0.3) is 0 Å². The highest BCUT2D eigenvalue weighted by Gasteiger charge is 2.27. The van der Waals surface area contributed by atoms with E-state index in [0.717, 1.165) is 22.2 Å². The molecule has 1 heterocycles. The standard InChI is InChI=1S/C15H22BrN3/c1-2-10-3-7-12(8-4-10)17-14-9-13(16)18-15(19-14)11-5-6-11/h9-12H,2-8H2,1H3,(H,17,18,19). The molecule has 3 rings (SSSR count). The van der Waals surface area contributed by atoms with E-state index in [-0.39, 0.29) is 0 Å². The summed E-state index contributed by atoms with van der Waals surface area (Å²) in [4.78, 5) is 9.16. The molecule has 0 bridgehead atoms. The van der Waals surface area contributed by atoms with Crippen molar-refractivity contribution in [2.75, 3.05) is 5.32 Å². The van der Waals surface area contributed by atoms with Crippen molar-refractivity contribution < 1.29 is 0 Å². The lowest BCUT2D eigenvalue weighted by molar-refractivity contribution is 0.330. The zero-order chi connectivity index (χ0) is 13.2. The van der Waals surface area contributed by atoms with Crippen LogP contribution in [0.2, 0.25) is 0 Å². The van der Waals surface area contributed by atoms with Crippen LogP contribution in [0.1, 0.15) is 63.6 Å². The predicted octanol–water partition coefficient (Wildman–Crippen LogP) is 4.50. The third kappa shape index (κ3) is 3.47. The van der Waals surface area contributed by atoms with Gasteiger partial charge < -0.3 is 5.32 Å². The van der Waals surface area contributed by atoms with E-state index in [9.17, 15) is 0 Å². The average Bonchev–Trinajstić information content (AvgIpc) is 3.23. The smallest absolute Gasteiger partial charge is 0.135 e. The Morgan fingerprint density at radius 2 is 1.89 bits per heavy atom. The van der Waals surface area contributed by atoms with Crippen molar-refractivity contribution in [3.8, 4) is 0 Å². The first-order chi connectivity index (χ1) is 9.24. The maximum Gasteiger partial charge on any atom is 0.135 e. The lowest BCUT2D eigenvalue weighted by Crippen LogP contribution is -2.26. The van der Waals surface area contributed by atoms with Crippen LogP contribution in [0.15, 0.2) is 10.7 Å². The van der Waals surface area contributed by atoms with E-state index >= 15 is 0 Å². The molecular formula is C15H22BrN3. The summed E-state index contributed by atoms with van der Waals surface area (Å²) in [5.74, 6) is 3.56. The molecule has 0 amide bonds. The van der Waals surface area contributed by atoms with Crippen molar-refractivity contribution in [3.63, 3.8) is 0 Å². The van der Waals surface area contributed by atoms with E-state index in [1.54, 1.807) is 0 Å². The molecule has 0 spiro atoms. The number of anilines is 1. The molecule has 2 aliphatic carbocycles. The van der Waals surface area contributed by atoms with Crippen molar-refractivity contribution in [1.29, 1.82) is 0 Å². The SMILES string of the molecule is CCC1CCC(Nc2cc(Br)nc(C3CC3)n2)CC1.